The number of rotatable bonds is 12. The van der Waals surface area contributed by atoms with Gasteiger partial charge in [0.05, 0.1) is 35.8 Å². The van der Waals surface area contributed by atoms with Crippen molar-refractivity contribution in [1.29, 1.82) is 0 Å². The molecule has 0 bridgehead atoms. The molecule has 1 atom stereocenters. The van der Waals surface area contributed by atoms with E-state index in [9.17, 15) is 14.7 Å². The van der Waals surface area contributed by atoms with Crippen molar-refractivity contribution in [2.75, 3.05) is 20.8 Å². The van der Waals surface area contributed by atoms with E-state index in [0.717, 1.165) is 51.2 Å². The number of nitrogens with one attached hydrogen (secondary N) is 1. The van der Waals surface area contributed by atoms with Crippen molar-refractivity contribution in [3.63, 3.8) is 0 Å². The van der Waals surface area contributed by atoms with Crippen LogP contribution in [-0.4, -0.2) is 64.2 Å². The number of amides is 1. The van der Waals surface area contributed by atoms with E-state index < -0.39 is 23.7 Å². The fourth-order valence-corrected chi connectivity index (χ4v) is 6.19. The maximum absolute atomic E-state index is 12.5. The average molecular weight is 637 g/mol. The first-order chi connectivity index (χ1) is 21.3. The minimum atomic E-state index is -0.944. The first kappa shape index (κ1) is 34.1. The van der Waals surface area contributed by atoms with Gasteiger partial charge in [0.1, 0.15) is 11.6 Å². The second-order valence-electron chi connectivity index (χ2n) is 12.8. The van der Waals surface area contributed by atoms with Crippen LogP contribution in [0.3, 0.4) is 0 Å². The monoisotopic (exact) mass is 636 g/mol. The van der Waals surface area contributed by atoms with Crippen LogP contribution >= 0.6 is 11.3 Å². The SMILES string of the molecule is CCn1c(-c2cccnc2COC)c(CC(C)(C)CO)c2cc(-c3csc(C[C@H](NC(=O)OC(C)(C)C)C(=O)OC)n3)ccc21. The molecule has 3 heterocycles. The van der Waals surface area contributed by atoms with E-state index in [4.69, 9.17) is 19.2 Å². The molecule has 0 spiro atoms. The number of esters is 1. The standard InChI is InChI=1S/C34H44N4O6S/c1-9-38-28-13-12-21(27-19-45-29(36-27)16-25(31(40)43-8)37-32(41)44-33(2,3)4)15-23(28)24(17-34(5,6)20-39)30(38)22-11-10-14-35-26(22)18-42-7/h10-15,19,25,39H,9,16-18,20H2,1-8H3,(H,37,41)/t25-/m0/s1. The number of methoxy groups -OCH3 is 2. The summed E-state index contributed by atoms with van der Waals surface area (Å²) in [5.41, 5.74) is 5.75. The zero-order chi connectivity index (χ0) is 32.9. The molecule has 0 saturated carbocycles. The molecule has 0 radical (unpaired) electrons. The van der Waals surface area contributed by atoms with Crippen molar-refractivity contribution in [2.24, 2.45) is 5.41 Å². The van der Waals surface area contributed by atoms with Gasteiger partial charge in [-0.3, -0.25) is 4.98 Å². The summed E-state index contributed by atoms with van der Waals surface area (Å²) in [7, 11) is 2.95. The molecule has 0 fully saturated rings. The molecule has 0 aliphatic heterocycles. The highest BCUT2D eigenvalue weighted by atomic mass is 32.1. The first-order valence-electron chi connectivity index (χ1n) is 15.0. The van der Waals surface area contributed by atoms with Crippen LogP contribution in [0.1, 0.15) is 57.8 Å². The lowest BCUT2D eigenvalue weighted by Crippen LogP contribution is -2.45. The van der Waals surface area contributed by atoms with Crippen LogP contribution in [0, 0.1) is 5.41 Å². The molecule has 0 saturated heterocycles. The van der Waals surface area contributed by atoms with Gasteiger partial charge in [0.2, 0.25) is 0 Å². The van der Waals surface area contributed by atoms with Gasteiger partial charge in [0, 0.05) is 60.3 Å². The van der Waals surface area contributed by atoms with E-state index in [2.05, 4.69) is 53.8 Å². The van der Waals surface area contributed by atoms with Crippen LogP contribution in [0.2, 0.25) is 0 Å². The summed E-state index contributed by atoms with van der Waals surface area (Å²) >= 11 is 1.41. The number of aliphatic hydroxyl groups is 1. The molecule has 11 heteroatoms. The number of thiazole rings is 1. The van der Waals surface area contributed by atoms with Crippen LogP contribution in [0.25, 0.3) is 33.4 Å². The van der Waals surface area contributed by atoms with Crippen molar-refractivity contribution in [3.8, 4) is 22.5 Å². The van der Waals surface area contributed by atoms with Gasteiger partial charge in [0.15, 0.2) is 0 Å². The lowest BCUT2D eigenvalue weighted by atomic mass is 9.84. The summed E-state index contributed by atoms with van der Waals surface area (Å²) in [6.07, 6.45) is 1.89. The number of aryl methyl sites for hydroxylation is 1. The molecule has 0 unspecified atom stereocenters. The Morgan fingerprint density at radius 3 is 2.53 bits per heavy atom. The van der Waals surface area contributed by atoms with Crippen LogP contribution < -0.4 is 5.32 Å². The molecule has 10 nitrogen and oxygen atoms in total. The highest BCUT2D eigenvalue weighted by Gasteiger charge is 2.28. The van der Waals surface area contributed by atoms with Crippen LogP contribution in [0.15, 0.2) is 41.9 Å². The number of hydrogen-bond acceptors (Lipinski definition) is 9. The third-order valence-electron chi connectivity index (χ3n) is 7.40. The van der Waals surface area contributed by atoms with Gasteiger partial charge in [-0.15, -0.1) is 11.3 Å². The van der Waals surface area contributed by atoms with E-state index in [-0.39, 0.29) is 18.4 Å². The number of carbonyl (C=O) groups is 2. The molecule has 0 aliphatic rings. The van der Waals surface area contributed by atoms with Crippen LogP contribution in [0.4, 0.5) is 4.79 Å². The molecule has 242 valence electrons. The van der Waals surface area contributed by atoms with Gasteiger partial charge in [-0.2, -0.15) is 0 Å². The van der Waals surface area contributed by atoms with Gasteiger partial charge in [-0.05, 0) is 69.4 Å². The molecule has 45 heavy (non-hydrogen) atoms. The molecule has 0 aliphatic carbocycles. The fourth-order valence-electron chi connectivity index (χ4n) is 5.34. The normalized spacial score (nSPS) is 12.7. The largest absolute Gasteiger partial charge is 0.467 e. The number of hydrogen-bond donors (Lipinski definition) is 2. The number of aliphatic hydroxyl groups excluding tert-OH is 1. The van der Waals surface area contributed by atoms with Crippen molar-refractivity contribution >= 4 is 34.3 Å². The second-order valence-corrected chi connectivity index (χ2v) is 13.7. The zero-order valence-electron chi connectivity index (χ0n) is 27.4. The number of benzene rings is 1. The maximum Gasteiger partial charge on any atom is 0.408 e. The number of pyridine rings is 1. The predicted octanol–water partition coefficient (Wildman–Crippen LogP) is 6.16. The van der Waals surface area contributed by atoms with Crippen molar-refractivity contribution in [3.05, 3.63) is 58.2 Å². The predicted molar refractivity (Wildman–Crippen MR) is 176 cm³/mol. The number of aromatic nitrogens is 3. The summed E-state index contributed by atoms with van der Waals surface area (Å²) in [6.45, 7) is 12.7. The van der Waals surface area contributed by atoms with Gasteiger partial charge in [-0.25, -0.2) is 14.6 Å². The summed E-state index contributed by atoms with van der Waals surface area (Å²) in [6, 6.07) is 9.38. The molecule has 2 N–H and O–H groups in total. The van der Waals surface area contributed by atoms with E-state index >= 15 is 0 Å². The lowest BCUT2D eigenvalue weighted by Gasteiger charge is -2.23. The highest BCUT2D eigenvalue weighted by Crippen LogP contribution is 2.40. The van der Waals surface area contributed by atoms with Crippen LogP contribution in [-0.2, 0) is 45.0 Å². The van der Waals surface area contributed by atoms with Gasteiger partial charge in [-0.1, -0.05) is 19.9 Å². The third-order valence-corrected chi connectivity index (χ3v) is 8.27. The Hall–Kier alpha value is -3.80. The maximum atomic E-state index is 12.5. The lowest BCUT2D eigenvalue weighted by molar-refractivity contribution is -0.143. The zero-order valence-corrected chi connectivity index (χ0v) is 28.2. The summed E-state index contributed by atoms with van der Waals surface area (Å²) < 4.78 is 18.1. The summed E-state index contributed by atoms with van der Waals surface area (Å²) in [4.78, 5) is 34.4. The van der Waals surface area contributed by atoms with E-state index in [1.54, 1.807) is 34.1 Å². The summed E-state index contributed by atoms with van der Waals surface area (Å²) in [5.74, 6) is -0.577. The Bertz CT molecular complexity index is 1650. The number of ether oxygens (including phenoxy) is 3. The topological polar surface area (TPSA) is 125 Å². The molecular formula is C34H44N4O6S. The number of nitrogens with zero attached hydrogens (tertiary/aromatic N) is 3. The van der Waals surface area contributed by atoms with E-state index in [1.807, 2.05) is 17.5 Å². The molecular weight excluding hydrogens is 592 g/mol. The van der Waals surface area contributed by atoms with Crippen molar-refractivity contribution < 1.29 is 28.9 Å². The molecule has 1 aromatic carbocycles. The van der Waals surface area contributed by atoms with Gasteiger partial charge < -0.3 is 29.2 Å². The van der Waals surface area contributed by atoms with E-state index in [1.165, 1.54) is 18.4 Å². The Kier molecular flexibility index (Phi) is 10.7. The van der Waals surface area contributed by atoms with Gasteiger partial charge >= 0.3 is 12.1 Å². The van der Waals surface area contributed by atoms with Crippen molar-refractivity contribution in [2.45, 2.75) is 79.2 Å². The summed E-state index contributed by atoms with van der Waals surface area (Å²) in [5, 5.41) is 16.6. The quantitative estimate of drug-likeness (QED) is 0.177. The Labute approximate surface area is 268 Å². The Morgan fingerprint density at radius 2 is 1.89 bits per heavy atom. The molecule has 3 aromatic heterocycles. The average Bonchev–Trinajstić information content (AvgIpc) is 3.57. The second kappa shape index (κ2) is 14.1. The fraction of sp³-hybridized carbons (Fsp3) is 0.471. The smallest absolute Gasteiger partial charge is 0.408 e. The van der Waals surface area contributed by atoms with Crippen molar-refractivity contribution in [1.82, 2.24) is 19.9 Å². The molecule has 4 rings (SSSR count). The minimum absolute atomic E-state index is 0.0387. The minimum Gasteiger partial charge on any atom is -0.467 e. The Balaban J connectivity index is 1.77. The van der Waals surface area contributed by atoms with E-state index in [0.29, 0.717) is 18.0 Å². The molecule has 1 amide bonds. The van der Waals surface area contributed by atoms with Crippen LogP contribution in [0.5, 0.6) is 0 Å². The highest BCUT2D eigenvalue weighted by molar-refractivity contribution is 7.10. The number of fused-ring (bicyclic) bond motifs is 1. The number of carbonyl (C=O) groups excluding carboxylic acids is 2. The number of alkyl carbamates (subject to hydrolysis) is 1. The third kappa shape index (κ3) is 8.08. The van der Waals surface area contributed by atoms with Gasteiger partial charge in [0.25, 0.3) is 0 Å². The Morgan fingerprint density at radius 1 is 1.13 bits per heavy atom. The first-order valence-corrected chi connectivity index (χ1v) is 15.9. The molecule has 4 aromatic rings.